The van der Waals surface area contributed by atoms with Crippen LogP contribution < -0.4 is 5.32 Å². The van der Waals surface area contributed by atoms with Crippen LogP contribution in [0.2, 0.25) is 0 Å². The maximum atomic E-state index is 9.56. The maximum absolute atomic E-state index is 9.56. The van der Waals surface area contributed by atoms with Crippen LogP contribution in [-0.2, 0) is 6.54 Å². The van der Waals surface area contributed by atoms with Gasteiger partial charge >= 0.3 is 0 Å². The molecule has 0 saturated heterocycles. The zero-order chi connectivity index (χ0) is 9.80. The number of rotatable bonds is 4. The van der Waals surface area contributed by atoms with Crippen molar-refractivity contribution in [3.63, 3.8) is 0 Å². The first-order valence-electron chi connectivity index (χ1n) is 5.25. The lowest BCUT2D eigenvalue weighted by molar-refractivity contribution is 0.148. The number of nitrogens with one attached hydrogen (secondary N) is 1. The van der Waals surface area contributed by atoms with Gasteiger partial charge in [-0.25, -0.2) is 0 Å². The van der Waals surface area contributed by atoms with Crippen molar-refractivity contribution < 1.29 is 5.11 Å². The predicted octanol–water partition coefficient (Wildman–Crippen LogP) is 0.386. The van der Waals surface area contributed by atoms with E-state index in [0.717, 1.165) is 32.4 Å². The van der Waals surface area contributed by atoms with E-state index in [9.17, 15) is 5.11 Å². The highest BCUT2D eigenvalue weighted by Crippen LogP contribution is 2.18. The highest BCUT2D eigenvalue weighted by Gasteiger charge is 2.23. The van der Waals surface area contributed by atoms with E-state index in [2.05, 4.69) is 10.4 Å². The number of aliphatic hydroxyl groups excluding tert-OH is 1. The fraction of sp³-hybridized carbons (Fsp3) is 0.700. The molecule has 0 radical (unpaired) electrons. The Bertz CT molecular complexity index is 260. The van der Waals surface area contributed by atoms with Gasteiger partial charge in [0.1, 0.15) is 0 Å². The van der Waals surface area contributed by atoms with Crippen LogP contribution in [0.15, 0.2) is 18.5 Å². The molecule has 1 fully saturated rings. The lowest BCUT2D eigenvalue weighted by atomic mass is 10.2. The summed E-state index contributed by atoms with van der Waals surface area (Å²) in [4.78, 5) is 0. The molecular formula is C10H17N3O. The van der Waals surface area contributed by atoms with E-state index >= 15 is 0 Å². The van der Waals surface area contributed by atoms with Crippen molar-refractivity contribution in [2.45, 2.75) is 38.0 Å². The van der Waals surface area contributed by atoms with E-state index in [1.165, 1.54) is 0 Å². The third kappa shape index (κ3) is 2.33. The van der Waals surface area contributed by atoms with Crippen LogP contribution in [0.3, 0.4) is 0 Å². The van der Waals surface area contributed by atoms with Crippen molar-refractivity contribution in [1.82, 2.24) is 15.1 Å². The molecule has 2 atom stereocenters. The zero-order valence-corrected chi connectivity index (χ0v) is 8.26. The largest absolute Gasteiger partial charge is 0.392 e. The molecule has 1 aliphatic rings. The SMILES string of the molecule is OC1CCCC1NCCn1cccn1. The summed E-state index contributed by atoms with van der Waals surface area (Å²) in [6.07, 6.45) is 6.77. The minimum Gasteiger partial charge on any atom is -0.392 e. The van der Waals surface area contributed by atoms with Gasteiger partial charge in [-0.1, -0.05) is 0 Å². The Hall–Kier alpha value is -0.870. The second-order valence-electron chi connectivity index (χ2n) is 3.83. The van der Waals surface area contributed by atoms with Gasteiger partial charge in [-0.2, -0.15) is 5.10 Å². The van der Waals surface area contributed by atoms with E-state index in [0.29, 0.717) is 6.04 Å². The minimum atomic E-state index is -0.146. The smallest absolute Gasteiger partial charge is 0.0693 e. The van der Waals surface area contributed by atoms with Gasteiger partial charge in [0.2, 0.25) is 0 Å². The fourth-order valence-corrected chi connectivity index (χ4v) is 1.98. The molecule has 2 N–H and O–H groups in total. The Morgan fingerprint density at radius 3 is 3.07 bits per heavy atom. The number of aliphatic hydroxyl groups is 1. The summed E-state index contributed by atoms with van der Waals surface area (Å²) in [7, 11) is 0. The normalized spacial score (nSPS) is 26.9. The third-order valence-electron chi connectivity index (χ3n) is 2.79. The molecule has 78 valence electrons. The van der Waals surface area contributed by atoms with Crippen molar-refractivity contribution >= 4 is 0 Å². The molecule has 4 nitrogen and oxygen atoms in total. The molecule has 0 amide bonds. The van der Waals surface area contributed by atoms with Gasteiger partial charge in [0.15, 0.2) is 0 Å². The van der Waals surface area contributed by atoms with Crippen molar-refractivity contribution in [2.75, 3.05) is 6.54 Å². The van der Waals surface area contributed by atoms with Crippen LogP contribution in [0.4, 0.5) is 0 Å². The highest BCUT2D eigenvalue weighted by atomic mass is 16.3. The molecular weight excluding hydrogens is 178 g/mol. The van der Waals surface area contributed by atoms with E-state index in [1.54, 1.807) is 6.20 Å². The Balaban J connectivity index is 1.68. The van der Waals surface area contributed by atoms with Crippen molar-refractivity contribution in [3.8, 4) is 0 Å². The summed E-state index contributed by atoms with van der Waals surface area (Å²) in [6.45, 7) is 1.75. The summed E-state index contributed by atoms with van der Waals surface area (Å²) >= 11 is 0. The lowest BCUT2D eigenvalue weighted by Gasteiger charge is -2.16. The van der Waals surface area contributed by atoms with Crippen molar-refractivity contribution in [1.29, 1.82) is 0 Å². The van der Waals surface area contributed by atoms with Crippen LogP contribution in [0.25, 0.3) is 0 Å². The molecule has 1 saturated carbocycles. The second-order valence-corrected chi connectivity index (χ2v) is 3.83. The molecule has 1 aliphatic carbocycles. The highest BCUT2D eigenvalue weighted by molar-refractivity contribution is 4.83. The third-order valence-corrected chi connectivity index (χ3v) is 2.79. The van der Waals surface area contributed by atoms with Crippen LogP contribution >= 0.6 is 0 Å². The number of nitrogens with zero attached hydrogens (tertiary/aromatic N) is 2. The number of hydrogen-bond donors (Lipinski definition) is 2. The summed E-state index contributed by atoms with van der Waals surface area (Å²) in [5.41, 5.74) is 0. The molecule has 0 spiro atoms. The molecule has 2 unspecified atom stereocenters. The van der Waals surface area contributed by atoms with E-state index in [4.69, 9.17) is 0 Å². The van der Waals surface area contributed by atoms with E-state index in [-0.39, 0.29) is 6.10 Å². The summed E-state index contributed by atoms with van der Waals surface area (Å²) in [5, 5.41) is 17.0. The quantitative estimate of drug-likeness (QED) is 0.730. The standard InChI is InChI=1S/C10H17N3O/c14-10-4-1-3-9(10)11-6-8-13-7-2-5-12-13/h2,5,7,9-11,14H,1,3-4,6,8H2. The average Bonchev–Trinajstić information content (AvgIpc) is 2.78. The van der Waals surface area contributed by atoms with E-state index in [1.807, 2.05) is 16.9 Å². The van der Waals surface area contributed by atoms with Gasteiger partial charge in [0, 0.05) is 25.0 Å². The first-order valence-corrected chi connectivity index (χ1v) is 5.25. The molecule has 1 aromatic heterocycles. The topological polar surface area (TPSA) is 50.1 Å². The molecule has 14 heavy (non-hydrogen) atoms. The second kappa shape index (κ2) is 4.57. The first kappa shape index (κ1) is 9.68. The maximum Gasteiger partial charge on any atom is 0.0693 e. The van der Waals surface area contributed by atoms with Gasteiger partial charge in [0.25, 0.3) is 0 Å². The van der Waals surface area contributed by atoms with Crippen LogP contribution in [0.1, 0.15) is 19.3 Å². The first-order chi connectivity index (χ1) is 6.86. The lowest BCUT2D eigenvalue weighted by Crippen LogP contribution is -2.37. The summed E-state index contributed by atoms with van der Waals surface area (Å²) in [5.74, 6) is 0. The fourth-order valence-electron chi connectivity index (χ4n) is 1.98. The van der Waals surface area contributed by atoms with Gasteiger partial charge in [-0.15, -0.1) is 0 Å². The Morgan fingerprint density at radius 1 is 1.50 bits per heavy atom. The van der Waals surface area contributed by atoms with Gasteiger partial charge < -0.3 is 10.4 Å². The van der Waals surface area contributed by atoms with Gasteiger partial charge in [0.05, 0.1) is 12.6 Å². The van der Waals surface area contributed by atoms with Crippen LogP contribution in [-0.4, -0.2) is 33.6 Å². The summed E-state index contributed by atoms with van der Waals surface area (Å²) in [6, 6.07) is 2.22. The molecule has 0 bridgehead atoms. The average molecular weight is 195 g/mol. The van der Waals surface area contributed by atoms with Crippen LogP contribution in [0.5, 0.6) is 0 Å². The number of aromatic nitrogens is 2. The van der Waals surface area contributed by atoms with E-state index < -0.39 is 0 Å². The van der Waals surface area contributed by atoms with Crippen molar-refractivity contribution in [3.05, 3.63) is 18.5 Å². The molecule has 0 aliphatic heterocycles. The zero-order valence-electron chi connectivity index (χ0n) is 8.26. The van der Waals surface area contributed by atoms with Gasteiger partial charge in [-0.05, 0) is 25.3 Å². The molecule has 0 aromatic carbocycles. The Labute approximate surface area is 83.9 Å². The molecule has 1 aromatic rings. The molecule has 2 rings (SSSR count). The van der Waals surface area contributed by atoms with Crippen molar-refractivity contribution in [2.24, 2.45) is 0 Å². The predicted molar refractivity (Wildman–Crippen MR) is 53.9 cm³/mol. The summed E-state index contributed by atoms with van der Waals surface area (Å²) < 4.78 is 1.90. The Morgan fingerprint density at radius 2 is 2.43 bits per heavy atom. The minimum absolute atomic E-state index is 0.146. The number of hydrogen-bond acceptors (Lipinski definition) is 3. The monoisotopic (exact) mass is 195 g/mol. The molecule has 4 heteroatoms. The van der Waals surface area contributed by atoms with Gasteiger partial charge in [-0.3, -0.25) is 4.68 Å². The Kier molecular flexibility index (Phi) is 3.16. The molecule has 1 heterocycles. The van der Waals surface area contributed by atoms with Crippen LogP contribution in [0, 0.1) is 0 Å².